The van der Waals surface area contributed by atoms with Crippen LogP contribution in [-0.2, 0) is 0 Å². The van der Waals surface area contributed by atoms with Crippen LogP contribution in [0.25, 0.3) is 0 Å². The molecule has 0 aliphatic heterocycles. The van der Waals surface area contributed by atoms with Crippen LogP contribution in [0.5, 0.6) is 5.75 Å². The number of amides is 2. The summed E-state index contributed by atoms with van der Waals surface area (Å²) in [7, 11) is 3.34. The third kappa shape index (κ3) is 5.28. The van der Waals surface area contributed by atoms with Crippen molar-refractivity contribution in [3.63, 3.8) is 0 Å². The monoisotopic (exact) mass is 431 g/mol. The summed E-state index contributed by atoms with van der Waals surface area (Å²) in [6, 6.07) is 16.8. The third-order valence-corrected chi connectivity index (χ3v) is 4.90. The van der Waals surface area contributed by atoms with E-state index in [4.69, 9.17) is 10.1 Å². The van der Waals surface area contributed by atoms with E-state index in [0.717, 1.165) is 0 Å². The zero-order chi connectivity index (χ0) is 23.1. The Morgan fingerprint density at radius 2 is 1.72 bits per heavy atom. The predicted octanol–water partition coefficient (Wildman–Crippen LogP) is 3.87. The van der Waals surface area contributed by atoms with Crippen LogP contribution in [0, 0.1) is 5.41 Å². The van der Waals surface area contributed by atoms with Gasteiger partial charge in [-0.25, -0.2) is 4.98 Å². The summed E-state index contributed by atoms with van der Waals surface area (Å²) in [4.78, 5) is 31.6. The van der Waals surface area contributed by atoms with Gasteiger partial charge >= 0.3 is 0 Å². The van der Waals surface area contributed by atoms with Crippen molar-refractivity contribution in [2.24, 2.45) is 0 Å². The summed E-state index contributed by atoms with van der Waals surface area (Å²) in [5, 5.41) is 13.7. The van der Waals surface area contributed by atoms with Crippen molar-refractivity contribution in [2.75, 3.05) is 31.3 Å². The highest BCUT2D eigenvalue weighted by Gasteiger charge is 2.17. The van der Waals surface area contributed by atoms with Crippen molar-refractivity contribution < 1.29 is 14.3 Å². The van der Waals surface area contributed by atoms with Gasteiger partial charge in [-0.3, -0.25) is 15.0 Å². The van der Waals surface area contributed by atoms with Gasteiger partial charge in [0.05, 0.1) is 18.4 Å². The van der Waals surface area contributed by atoms with Crippen LogP contribution in [0.3, 0.4) is 0 Å². The van der Waals surface area contributed by atoms with Crippen molar-refractivity contribution in [1.29, 1.82) is 5.41 Å². The number of nitrogens with zero attached hydrogens (tertiary/aromatic N) is 2. The van der Waals surface area contributed by atoms with Crippen molar-refractivity contribution in [3.05, 3.63) is 83.6 Å². The molecule has 0 aliphatic rings. The molecular weight excluding hydrogens is 406 g/mol. The van der Waals surface area contributed by atoms with Gasteiger partial charge in [0, 0.05) is 30.9 Å². The first-order chi connectivity index (χ1) is 15.4. The second kappa shape index (κ2) is 10.2. The van der Waals surface area contributed by atoms with E-state index in [-0.39, 0.29) is 11.5 Å². The Balaban J connectivity index is 1.81. The fraction of sp³-hybridized carbons (Fsp3) is 0.167. The van der Waals surface area contributed by atoms with E-state index in [9.17, 15) is 9.59 Å². The Morgan fingerprint density at radius 1 is 1.00 bits per heavy atom. The molecule has 3 aromatic rings. The number of carbonyl (C=O) groups excluding carboxylic acids is 2. The van der Waals surface area contributed by atoms with Gasteiger partial charge in [0.1, 0.15) is 17.4 Å². The standard InChI is InChI=1S/C24H25N5O3/c1-4-29(2)22(25)16-8-10-17(11-9-16)23(30)27-20-13-12-18(32-3)15-19(20)24(31)28-21-7-5-6-14-26-21/h5-15,25H,4H2,1-3H3,(H,27,30)(H,26,28,31). The smallest absolute Gasteiger partial charge is 0.259 e. The number of aromatic nitrogens is 1. The minimum Gasteiger partial charge on any atom is -0.497 e. The molecule has 0 radical (unpaired) electrons. The van der Waals surface area contributed by atoms with Gasteiger partial charge in [0.15, 0.2) is 0 Å². The van der Waals surface area contributed by atoms with Crippen LogP contribution in [0.1, 0.15) is 33.2 Å². The number of anilines is 2. The molecule has 0 saturated carbocycles. The minimum atomic E-state index is -0.427. The SMILES string of the molecule is CCN(C)C(=N)c1ccc(C(=O)Nc2ccc(OC)cc2C(=O)Nc2ccccn2)cc1. The number of rotatable bonds is 7. The molecule has 0 unspecified atom stereocenters. The van der Waals surface area contributed by atoms with Crippen LogP contribution in [0.15, 0.2) is 66.9 Å². The van der Waals surface area contributed by atoms with Gasteiger partial charge in [-0.2, -0.15) is 0 Å². The topological polar surface area (TPSA) is 107 Å². The van der Waals surface area contributed by atoms with E-state index in [2.05, 4.69) is 15.6 Å². The van der Waals surface area contributed by atoms with E-state index < -0.39 is 5.91 Å². The largest absolute Gasteiger partial charge is 0.497 e. The molecular formula is C24H25N5O3. The van der Waals surface area contributed by atoms with Crippen molar-refractivity contribution >= 4 is 29.2 Å². The van der Waals surface area contributed by atoms with Gasteiger partial charge in [-0.05, 0) is 49.4 Å². The van der Waals surface area contributed by atoms with Gasteiger partial charge < -0.3 is 20.3 Å². The molecule has 2 amide bonds. The number of nitrogens with one attached hydrogen (secondary N) is 3. The Hall–Kier alpha value is -4.20. The van der Waals surface area contributed by atoms with Crippen LogP contribution in [0.4, 0.5) is 11.5 Å². The fourth-order valence-corrected chi connectivity index (χ4v) is 2.92. The summed E-state index contributed by atoms with van der Waals surface area (Å²) in [5.41, 5.74) is 1.71. The van der Waals surface area contributed by atoms with Crippen LogP contribution < -0.4 is 15.4 Å². The molecule has 1 heterocycles. The van der Waals surface area contributed by atoms with E-state index in [0.29, 0.717) is 40.8 Å². The molecule has 3 N–H and O–H groups in total. The first-order valence-electron chi connectivity index (χ1n) is 10.0. The Labute approximate surface area is 186 Å². The Morgan fingerprint density at radius 3 is 2.34 bits per heavy atom. The molecule has 164 valence electrons. The molecule has 0 fully saturated rings. The number of benzene rings is 2. The highest BCUT2D eigenvalue weighted by molar-refractivity contribution is 6.12. The quantitative estimate of drug-likeness (QED) is 0.389. The van der Waals surface area contributed by atoms with Crippen LogP contribution in [0.2, 0.25) is 0 Å². The maximum absolute atomic E-state index is 12.8. The second-order valence-electron chi connectivity index (χ2n) is 6.97. The number of carbonyl (C=O) groups is 2. The van der Waals surface area contributed by atoms with E-state index in [1.807, 2.05) is 14.0 Å². The molecule has 0 saturated heterocycles. The highest BCUT2D eigenvalue weighted by atomic mass is 16.5. The van der Waals surface area contributed by atoms with E-state index >= 15 is 0 Å². The third-order valence-electron chi connectivity index (χ3n) is 4.90. The molecule has 32 heavy (non-hydrogen) atoms. The van der Waals surface area contributed by atoms with Crippen LogP contribution in [-0.4, -0.2) is 48.2 Å². The molecule has 8 nitrogen and oxygen atoms in total. The van der Waals surface area contributed by atoms with Crippen LogP contribution >= 0.6 is 0 Å². The van der Waals surface area contributed by atoms with Crippen molar-refractivity contribution in [3.8, 4) is 5.75 Å². The van der Waals surface area contributed by atoms with E-state index in [1.165, 1.54) is 7.11 Å². The Bertz CT molecular complexity index is 1110. The van der Waals surface area contributed by atoms with Gasteiger partial charge in [0.25, 0.3) is 11.8 Å². The Kier molecular flexibility index (Phi) is 7.17. The molecule has 3 rings (SSSR count). The normalized spacial score (nSPS) is 10.2. The first-order valence-corrected chi connectivity index (χ1v) is 10.0. The molecule has 0 atom stereocenters. The number of methoxy groups -OCH3 is 1. The fourth-order valence-electron chi connectivity index (χ4n) is 2.92. The lowest BCUT2D eigenvalue weighted by molar-refractivity contribution is 0.102. The summed E-state index contributed by atoms with van der Waals surface area (Å²) in [6.45, 7) is 2.68. The number of pyridine rings is 1. The molecule has 8 heteroatoms. The number of ether oxygens (including phenoxy) is 1. The zero-order valence-corrected chi connectivity index (χ0v) is 18.2. The lowest BCUT2D eigenvalue weighted by Gasteiger charge is -2.18. The second-order valence-corrected chi connectivity index (χ2v) is 6.97. The number of hydrogen-bond donors (Lipinski definition) is 3. The average molecular weight is 431 g/mol. The zero-order valence-electron chi connectivity index (χ0n) is 18.2. The van der Waals surface area contributed by atoms with E-state index in [1.54, 1.807) is 71.8 Å². The lowest BCUT2D eigenvalue weighted by Crippen LogP contribution is -2.26. The van der Waals surface area contributed by atoms with Crippen molar-refractivity contribution in [1.82, 2.24) is 9.88 Å². The summed E-state index contributed by atoms with van der Waals surface area (Å²) >= 11 is 0. The lowest BCUT2D eigenvalue weighted by atomic mass is 10.1. The maximum Gasteiger partial charge on any atom is 0.259 e. The average Bonchev–Trinajstić information content (AvgIpc) is 2.83. The summed E-state index contributed by atoms with van der Waals surface area (Å²) < 4.78 is 5.23. The summed E-state index contributed by atoms with van der Waals surface area (Å²) in [6.07, 6.45) is 1.57. The minimum absolute atomic E-state index is 0.242. The molecule has 0 spiro atoms. The van der Waals surface area contributed by atoms with Gasteiger partial charge in [-0.1, -0.05) is 18.2 Å². The molecule has 0 bridgehead atoms. The number of hydrogen-bond acceptors (Lipinski definition) is 5. The molecule has 0 aliphatic carbocycles. The highest BCUT2D eigenvalue weighted by Crippen LogP contribution is 2.24. The van der Waals surface area contributed by atoms with Gasteiger partial charge in [-0.15, -0.1) is 0 Å². The van der Waals surface area contributed by atoms with Crippen molar-refractivity contribution in [2.45, 2.75) is 6.92 Å². The predicted molar refractivity (Wildman–Crippen MR) is 125 cm³/mol. The molecule has 2 aromatic carbocycles. The maximum atomic E-state index is 12.8. The van der Waals surface area contributed by atoms with Gasteiger partial charge in [0.2, 0.25) is 0 Å². The molecule has 1 aromatic heterocycles. The number of amidine groups is 1. The first kappa shape index (κ1) is 22.5. The summed E-state index contributed by atoms with van der Waals surface area (Å²) in [5.74, 6) is 0.459.